The second kappa shape index (κ2) is 7.21. The Morgan fingerprint density at radius 3 is 2.36 bits per heavy atom. The van der Waals surface area contributed by atoms with Crippen molar-refractivity contribution in [2.45, 2.75) is 0 Å². The van der Waals surface area contributed by atoms with Gasteiger partial charge in [0.2, 0.25) is 0 Å². The van der Waals surface area contributed by atoms with E-state index in [-0.39, 0.29) is 22.4 Å². The summed E-state index contributed by atoms with van der Waals surface area (Å²) >= 11 is 0. The molecule has 9 nitrogen and oxygen atoms in total. The number of benzene rings is 2. The number of hydrogen-bond donors (Lipinski definition) is 2. The number of non-ortho nitro benzene ring substituents is 1. The van der Waals surface area contributed by atoms with Gasteiger partial charge in [-0.3, -0.25) is 19.7 Å². The van der Waals surface area contributed by atoms with E-state index < -0.39 is 28.4 Å². The van der Waals surface area contributed by atoms with Gasteiger partial charge >= 0.3 is 5.97 Å². The van der Waals surface area contributed by atoms with Crippen molar-refractivity contribution in [2.24, 2.45) is 5.73 Å². The van der Waals surface area contributed by atoms with Crippen LogP contribution in [-0.2, 0) is 4.74 Å². The number of nitro benzene ring substituents is 1. The maximum atomic E-state index is 12.4. The summed E-state index contributed by atoms with van der Waals surface area (Å²) in [5.41, 5.74) is 4.72. The molecule has 2 rings (SSSR count). The van der Waals surface area contributed by atoms with E-state index in [1.54, 1.807) is 12.1 Å². The third kappa shape index (κ3) is 3.96. The molecule has 0 unspecified atom stereocenters. The van der Waals surface area contributed by atoms with E-state index in [1.165, 1.54) is 12.1 Å². The summed E-state index contributed by atoms with van der Waals surface area (Å²) in [7, 11) is 1.12. The lowest BCUT2D eigenvalue weighted by atomic mass is 10.1. The molecule has 0 aliphatic rings. The summed E-state index contributed by atoms with van der Waals surface area (Å²) in [6.45, 7) is 0. The first kappa shape index (κ1) is 17.6. The van der Waals surface area contributed by atoms with Gasteiger partial charge in [0.05, 0.1) is 28.8 Å². The van der Waals surface area contributed by atoms with Crippen LogP contribution in [0.15, 0.2) is 42.5 Å². The smallest absolute Gasteiger partial charge is 0.338 e. The molecule has 0 fully saturated rings. The van der Waals surface area contributed by atoms with Crippen LogP contribution in [0.2, 0.25) is 0 Å². The van der Waals surface area contributed by atoms with Gasteiger partial charge in [-0.25, -0.2) is 4.79 Å². The summed E-state index contributed by atoms with van der Waals surface area (Å²) in [6, 6.07) is 9.19. The maximum absolute atomic E-state index is 12.4. The molecule has 0 spiro atoms. The Morgan fingerprint density at radius 2 is 1.76 bits per heavy atom. The van der Waals surface area contributed by atoms with E-state index >= 15 is 0 Å². The normalized spacial score (nSPS) is 9.96. The van der Waals surface area contributed by atoms with Gasteiger partial charge in [0.1, 0.15) is 0 Å². The molecule has 0 aliphatic heterocycles. The molecule has 2 aromatic carbocycles. The molecule has 0 heterocycles. The summed E-state index contributed by atoms with van der Waals surface area (Å²) in [4.78, 5) is 45.7. The summed E-state index contributed by atoms with van der Waals surface area (Å²) < 4.78 is 4.52. The standard InChI is InChI=1S/C16H13N3O6/c1-25-16(22)10-6-9(7-11(8-10)19(23)24)15(21)18-13-5-3-2-4-12(13)14(17)20/h2-8H,1H3,(H2,17,20)(H,18,21). The minimum atomic E-state index is -0.824. The van der Waals surface area contributed by atoms with E-state index in [4.69, 9.17) is 5.73 Å². The molecular weight excluding hydrogens is 330 g/mol. The molecule has 3 N–H and O–H groups in total. The topological polar surface area (TPSA) is 142 Å². The van der Waals surface area contributed by atoms with E-state index in [2.05, 4.69) is 10.1 Å². The number of carbonyl (C=O) groups is 3. The Morgan fingerprint density at radius 1 is 1.12 bits per heavy atom. The molecule has 9 heteroatoms. The quantitative estimate of drug-likeness (QED) is 0.481. The number of esters is 1. The predicted octanol–water partition coefficient (Wildman–Crippen LogP) is 1.73. The fraction of sp³-hybridized carbons (Fsp3) is 0.0625. The van der Waals surface area contributed by atoms with Gasteiger partial charge in [-0.15, -0.1) is 0 Å². The zero-order valence-corrected chi connectivity index (χ0v) is 13.0. The molecule has 0 aromatic heterocycles. The van der Waals surface area contributed by atoms with E-state index in [0.29, 0.717) is 0 Å². The Kier molecular flexibility index (Phi) is 5.08. The molecule has 0 bridgehead atoms. The lowest BCUT2D eigenvalue weighted by Crippen LogP contribution is -2.18. The fourth-order valence-electron chi connectivity index (χ4n) is 2.08. The predicted molar refractivity (Wildman–Crippen MR) is 87.3 cm³/mol. The average Bonchev–Trinajstić information content (AvgIpc) is 2.60. The second-order valence-corrected chi connectivity index (χ2v) is 4.88. The first-order chi connectivity index (χ1) is 11.8. The van der Waals surface area contributed by atoms with Crippen molar-refractivity contribution < 1.29 is 24.0 Å². The number of anilines is 1. The number of methoxy groups -OCH3 is 1. The van der Waals surface area contributed by atoms with Crippen LogP contribution >= 0.6 is 0 Å². The van der Waals surface area contributed by atoms with Crippen LogP contribution < -0.4 is 11.1 Å². The minimum Gasteiger partial charge on any atom is -0.465 e. The van der Waals surface area contributed by atoms with Gasteiger partial charge in [0, 0.05) is 17.7 Å². The summed E-state index contributed by atoms with van der Waals surface area (Å²) in [6.07, 6.45) is 0. The van der Waals surface area contributed by atoms with Crippen LogP contribution in [-0.4, -0.2) is 29.8 Å². The zero-order chi connectivity index (χ0) is 18.6. The monoisotopic (exact) mass is 343 g/mol. The van der Waals surface area contributed by atoms with Gasteiger partial charge in [-0.1, -0.05) is 12.1 Å². The number of nitro groups is 1. The van der Waals surface area contributed by atoms with Crippen LogP contribution in [0, 0.1) is 10.1 Å². The van der Waals surface area contributed by atoms with E-state index in [0.717, 1.165) is 25.3 Å². The number of rotatable bonds is 5. The molecular formula is C16H13N3O6. The first-order valence-electron chi connectivity index (χ1n) is 6.91. The lowest BCUT2D eigenvalue weighted by molar-refractivity contribution is -0.384. The number of nitrogens with one attached hydrogen (secondary N) is 1. The zero-order valence-electron chi connectivity index (χ0n) is 13.0. The highest BCUT2D eigenvalue weighted by molar-refractivity contribution is 6.09. The van der Waals surface area contributed by atoms with Crippen molar-refractivity contribution in [3.8, 4) is 0 Å². The number of hydrogen-bond acceptors (Lipinski definition) is 6. The maximum Gasteiger partial charge on any atom is 0.338 e. The van der Waals surface area contributed by atoms with Crippen molar-refractivity contribution in [1.82, 2.24) is 0 Å². The molecule has 0 aliphatic carbocycles. The SMILES string of the molecule is COC(=O)c1cc(C(=O)Nc2ccccc2C(N)=O)cc([N+](=O)[O-])c1. The summed E-state index contributed by atoms with van der Waals surface area (Å²) in [5, 5.41) is 13.4. The number of amides is 2. The van der Waals surface area contributed by atoms with Crippen LogP contribution in [0.1, 0.15) is 31.1 Å². The van der Waals surface area contributed by atoms with Crippen molar-refractivity contribution in [1.29, 1.82) is 0 Å². The second-order valence-electron chi connectivity index (χ2n) is 4.88. The molecule has 25 heavy (non-hydrogen) atoms. The van der Waals surface area contributed by atoms with Crippen molar-refractivity contribution in [3.63, 3.8) is 0 Å². The van der Waals surface area contributed by atoms with Gasteiger partial charge in [0.15, 0.2) is 0 Å². The highest BCUT2D eigenvalue weighted by Gasteiger charge is 2.19. The van der Waals surface area contributed by atoms with Crippen molar-refractivity contribution >= 4 is 29.2 Å². The number of para-hydroxylation sites is 1. The van der Waals surface area contributed by atoms with E-state index in [9.17, 15) is 24.5 Å². The number of nitrogens with two attached hydrogens (primary N) is 1. The highest BCUT2D eigenvalue weighted by Crippen LogP contribution is 2.20. The van der Waals surface area contributed by atoms with Crippen LogP contribution in [0.5, 0.6) is 0 Å². The number of ether oxygens (including phenoxy) is 1. The molecule has 0 saturated carbocycles. The lowest BCUT2D eigenvalue weighted by Gasteiger charge is -2.09. The van der Waals surface area contributed by atoms with Gasteiger partial charge in [-0.2, -0.15) is 0 Å². The van der Waals surface area contributed by atoms with Crippen LogP contribution in [0.3, 0.4) is 0 Å². The molecule has 128 valence electrons. The van der Waals surface area contributed by atoms with Crippen LogP contribution in [0.4, 0.5) is 11.4 Å². The van der Waals surface area contributed by atoms with Gasteiger partial charge < -0.3 is 15.8 Å². The Labute approximate surface area is 141 Å². The highest BCUT2D eigenvalue weighted by atomic mass is 16.6. The first-order valence-corrected chi connectivity index (χ1v) is 6.91. The summed E-state index contributed by atoms with van der Waals surface area (Å²) in [5.74, 6) is -2.32. The largest absolute Gasteiger partial charge is 0.465 e. The molecule has 0 atom stereocenters. The molecule has 2 aromatic rings. The minimum absolute atomic E-state index is 0.0782. The number of nitrogens with zero attached hydrogens (tertiary/aromatic N) is 1. The van der Waals surface area contributed by atoms with Gasteiger partial charge in [0.25, 0.3) is 17.5 Å². The number of carbonyl (C=O) groups excluding carboxylic acids is 3. The molecule has 0 saturated heterocycles. The van der Waals surface area contributed by atoms with Gasteiger partial charge in [-0.05, 0) is 18.2 Å². The average molecular weight is 343 g/mol. The fourth-order valence-corrected chi connectivity index (χ4v) is 2.08. The van der Waals surface area contributed by atoms with Crippen molar-refractivity contribution in [3.05, 3.63) is 69.3 Å². The Hall–Kier alpha value is -3.75. The third-order valence-electron chi connectivity index (χ3n) is 3.25. The Bertz CT molecular complexity index is 878. The van der Waals surface area contributed by atoms with Crippen molar-refractivity contribution in [2.75, 3.05) is 12.4 Å². The number of primary amides is 1. The third-order valence-corrected chi connectivity index (χ3v) is 3.25. The Balaban J connectivity index is 2.42. The van der Waals surface area contributed by atoms with E-state index in [1.807, 2.05) is 0 Å². The van der Waals surface area contributed by atoms with Crippen LogP contribution in [0.25, 0.3) is 0 Å². The molecule has 0 radical (unpaired) electrons. The molecule has 2 amide bonds.